The highest BCUT2D eigenvalue weighted by atomic mass is 32.1. The van der Waals surface area contributed by atoms with Crippen molar-refractivity contribution in [3.63, 3.8) is 0 Å². The fourth-order valence-corrected chi connectivity index (χ4v) is 3.26. The molecule has 0 spiro atoms. The smallest absolute Gasteiger partial charge is 0.141 e. The number of thiazole rings is 1. The van der Waals surface area contributed by atoms with E-state index in [1.165, 1.54) is 5.56 Å². The maximum Gasteiger partial charge on any atom is 0.141 e. The second-order valence-electron chi connectivity index (χ2n) is 6.01. The quantitative estimate of drug-likeness (QED) is 0.494. The highest BCUT2D eigenvalue weighted by molar-refractivity contribution is 7.13. The summed E-state index contributed by atoms with van der Waals surface area (Å²) in [6.07, 6.45) is 3.67. The number of nitrogens with one attached hydrogen (secondary N) is 2. The molecule has 0 saturated heterocycles. The van der Waals surface area contributed by atoms with Gasteiger partial charge in [-0.25, -0.2) is 15.0 Å². The van der Waals surface area contributed by atoms with Crippen molar-refractivity contribution in [2.24, 2.45) is 0 Å². The maximum atomic E-state index is 4.60. The summed E-state index contributed by atoms with van der Waals surface area (Å²) in [7, 11) is 0. The average Bonchev–Trinajstić information content (AvgIpc) is 3.25. The molecule has 134 valence electrons. The van der Waals surface area contributed by atoms with E-state index in [1.807, 2.05) is 41.9 Å². The number of nitrogens with zero attached hydrogens (tertiary/aromatic N) is 3. The third kappa shape index (κ3) is 4.75. The average molecular weight is 373 g/mol. The molecule has 3 heterocycles. The van der Waals surface area contributed by atoms with Crippen LogP contribution in [0, 0.1) is 0 Å². The zero-order valence-electron chi connectivity index (χ0n) is 14.7. The molecule has 2 N–H and O–H groups in total. The van der Waals surface area contributed by atoms with Crippen LogP contribution in [0.4, 0.5) is 11.6 Å². The molecule has 4 rings (SSSR count). The molecule has 0 bridgehead atoms. The van der Waals surface area contributed by atoms with Gasteiger partial charge in [-0.05, 0) is 29.3 Å². The molecule has 0 aliphatic heterocycles. The lowest BCUT2D eigenvalue weighted by molar-refractivity contribution is 0.691. The van der Waals surface area contributed by atoms with E-state index in [0.29, 0.717) is 0 Å². The van der Waals surface area contributed by atoms with Gasteiger partial charge in [-0.1, -0.05) is 42.5 Å². The molecule has 0 atom stereocenters. The van der Waals surface area contributed by atoms with E-state index < -0.39 is 0 Å². The van der Waals surface area contributed by atoms with Crippen molar-refractivity contribution in [1.29, 1.82) is 0 Å². The van der Waals surface area contributed by atoms with Gasteiger partial charge in [0.15, 0.2) is 0 Å². The van der Waals surface area contributed by atoms with E-state index in [-0.39, 0.29) is 0 Å². The van der Waals surface area contributed by atoms with Gasteiger partial charge >= 0.3 is 0 Å². The monoisotopic (exact) mass is 373 g/mol. The Morgan fingerprint density at radius 3 is 2.44 bits per heavy atom. The van der Waals surface area contributed by atoms with Crippen molar-refractivity contribution in [3.8, 4) is 10.7 Å². The molecule has 5 nitrogen and oxygen atoms in total. The molecule has 3 aromatic heterocycles. The summed E-state index contributed by atoms with van der Waals surface area (Å²) in [5.41, 5.74) is 3.27. The predicted molar refractivity (Wildman–Crippen MR) is 110 cm³/mol. The topological polar surface area (TPSA) is 62.7 Å². The van der Waals surface area contributed by atoms with E-state index in [2.05, 4.69) is 55.9 Å². The first-order valence-electron chi connectivity index (χ1n) is 8.70. The van der Waals surface area contributed by atoms with E-state index >= 15 is 0 Å². The van der Waals surface area contributed by atoms with Gasteiger partial charge in [0.05, 0.1) is 0 Å². The molecule has 0 saturated carbocycles. The minimum atomic E-state index is 0.755. The number of anilines is 2. The number of benzene rings is 1. The number of hydrogen-bond acceptors (Lipinski definition) is 6. The number of hydrogen-bond donors (Lipinski definition) is 2. The van der Waals surface area contributed by atoms with Crippen LogP contribution >= 0.6 is 11.3 Å². The third-order valence-electron chi connectivity index (χ3n) is 3.98. The van der Waals surface area contributed by atoms with E-state index in [4.69, 9.17) is 0 Å². The number of rotatable bonds is 7. The van der Waals surface area contributed by atoms with Crippen LogP contribution in [0.5, 0.6) is 0 Å². The highest BCUT2D eigenvalue weighted by Crippen LogP contribution is 2.22. The SMILES string of the molecule is c1ccc(CNCc2ccc(Nc3cccc(-c4nccs4)n3)nc2)cc1. The normalized spacial score (nSPS) is 10.7. The zero-order chi connectivity index (χ0) is 18.3. The van der Waals surface area contributed by atoms with Crippen LogP contribution in [0.1, 0.15) is 11.1 Å². The van der Waals surface area contributed by atoms with Gasteiger partial charge < -0.3 is 10.6 Å². The third-order valence-corrected chi connectivity index (χ3v) is 4.78. The zero-order valence-corrected chi connectivity index (χ0v) is 15.5. The lowest BCUT2D eigenvalue weighted by atomic mass is 10.2. The molecule has 6 heteroatoms. The van der Waals surface area contributed by atoms with Crippen molar-refractivity contribution in [2.45, 2.75) is 13.1 Å². The molecular formula is C21H19N5S. The molecule has 0 aliphatic carbocycles. The fraction of sp³-hybridized carbons (Fsp3) is 0.0952. The van der Waals surface area contributed by atoms with Crippen LogP contribution in [-0.2, 0) is 13.1 Å². The van der Waals surface area contributed by atoms with Gasteiger partial charge in [0.25, 0.3) is 0 Å². The second kappa shape index (κ2) is 8.53. The number of aromatic nitrogens is 3. The molecule has 0 aliphatic rings. The summed E-state index contributed by atoms with van der Waals surface area (Å²) < 4.78 is 0. The summed E-state index contributed by atoms with van der Waals surface area (Å²) in [5.74, 6) is 1.52. The first-order valence-corrected chi connectivity index (χ1v) is 9.58. The Labute approximate surface area is 162 Å². The van der Waals surface area contributed by atoms with Crippen molar-refractivity contribution < 1.29 is 0 Å². The lowest BCUT2D eigenvalue weighted by Crippen LogP contribution is -2.12. The van der Waals surface area contributed by atoms with Crippen LogP contribution in [0.15, 0.2) is 78.4 Å². The largest absolute Gasteiger partial charge is 0.325 e. The van der Waals surface area contributed by atoms with Crippen LogP contribution in [0.25, 0.3) is 10.7 Å². The maximum absolute atomic E-state index is 4.60. The van der Waals surface area contributed by atoms with Gasteiger partial charge in [-0.3, -0.25) is 0 Å². The molecule has 0 amide bonds. The van der Waals surface area contributed by atoms with Crippen LogP contribution < -0.4 is 10.6 Å². The van der Waals surface area contributed by atoms with Crippen LogP contribution in [0.2, 0.25) is 0 Å². The summed E-state index contributed by atoms with van der Waals surface area (Å²) in [4.78, 5) is 13.4. The van der Waals surface area contributed by atoms with Gasteiger partial charge in [0.2, 0.25) is 0 Å². The summed E-state index contributed by atoms with van der Waals surface area (Å²) in [6, 6.07) is 20.3. The van der Waals surface area contributed by atoms with Crippen molar-refractivity contribution in [2.75, 3.05) is 5.32 Å². The minimum Gasteiger partial charge on any atom is -0.325 e. The van der Waals surface area contributed by atoms with Crippen LogP contribution in [0.3, 0.4) is 0 Å². The number of pyridine rings is 2. The standard InChI is InChI=1S/C21H19N5S/c1-2-5-16(6-3-1)13-22-14-17-9-10-19(24-15-17)26-20-8-4-7-18(25-20)21-23-11-12-27-21/h1-12,15,22H,13-14H2,(H,24,25,26). The van der Waals surface area contributed by atoms with E-state index in [9.17, 15) is 0 Å². The fourth-order valence-electron chi connectivity index (χ4n) is 2.65. The highest BCUT2D eigenvalue weighted by Gasteiger charge is 2.04. The lowest BCUT2D eigenvalue weighted by Gasteiger charge is -2.08. The van der Waals surface area contributed by atoms with Gasteiger partial charge in [0, 0.05) is 30.9 Å². The van der Waals surface area contributed by atoms with E-state index in [1.54, 1.807) is 17.5 Å². The van der Waals surface area contributed by atoms with Crippen LogP contribution in [-0.4, -0.2) is 15.0 Å². The predicted octanol–water partition coefficient (Wildman–Crippen LogP) is 4.63. The first kappa shape index (κ1) is 17.3. The van der Waals surface area contributed by atoms with Crippen molar-refractivity contribution in [3.05, 3.63) is 89.6 Å². The molecule has 27 heavy (non-hydrogen) atoms. The Kier molecular flexibility index (Phi) is 5.47. The molecular weight excluding hydrogens is 354 g/mol. The summed E-state index contributed by atoms with van der Waals surface area (Å²) in [5, 5.41) is 9.54. The van der Waals surface area contributed by atoms with Gasteiger partial charge in [-0.2, -0.15) is 0 Å². The molecule has 0 unspecified atom stereocenters. The van der Waals surface area contributed by atoms with Gasteiger partial charge in [0.1, 0.15) is 22.3 Å². The van der Waals surface area contributed by atoms with Gasteiger partial charge in [-0.15, -0.1) is 11.3 Å². The van der Waals surface area contributed by atoms with E-state index in [0.717, 1.165) is 41.0 Å². The summed E-state index contributed by atoms with van der Waals surface area (Å²) in [6.45, 7) is 1.62. The molecule has 1 aromatic carbocycles. The Hall–Kier alpha value is -3.09. The Bertz CT molecular complexity index is 969. The summed E-state index contributed by atoms with van der Waals surface area (Å²) >= 11 is 1.57. The minimum absolute atomic E-state index is 0.755. The first-order chi connectivity index (χ1) is 13.4. The Balaban J connectivity index is 1.35. The molecule has 4 aromatic rings. The van der Waals surface area contributed by atoms with Crippen molar-refractivity contribution in [1.82, 2.24) is 20.3 Å². The molecule has 0 radical (unpaired) electrons. The Morgan fingerprint density at radius 1 is 0.778 bits per heavy atom. The Morgan fingerprint density at radius 2 is 1.67 bits per heavy atom. The van der Waals surface area contributed by atoms with Crippen molar-refractivity contribution >= 4 is 23.0 Å². The molecule has 0 fully saturated rings. The second-order valence-corrected chi connectivity index (χ2v) is 6.91.